The number of ether oxygens (including phenoxy) is 2. The Balaban J connectivity index is 0.00000340. The number of benzene rings is 1. The molecule has 0 saturated heterocycles. The molecule has 1 N–H and O–H groups in total. The summed E-state index contributed by atoms with van der Waals surface area (Å²) in [4.78, 5) is 29.4. The molecule has 1 aromatic rings. The van der Waals surface area contributed by atoms with Crippen LogP contribution in [0.25, 0.3) is 0 Å². The van der Waals surface area contributed by atoms with Crippen LogP contribution in [0.2, 0.25) is 0 Å². The van der Waals surface area contributed by atoms with Crippen LogP contribution in [0.5, 0.6) is 5.75 Å². The number of amides is 1. The minimum absolute atomic E-state index is 0.231. The van der Waals surface area contributed by atoms with Crippen molar-refractivity contribution < 1.29 is 32.2 Å². The summed E-state index contributed by atoms with van der Waals surface area (Å²) in [6, 6.07) is 3.47. The van der Waals surface area contributed by atoms with Crippen molar-refractivity contribution >= 4 is 29.0 Å². The standard InChI is InChI=1S/C30H41F3N2O4.C5H12/c1-9-11-14-23(30(31,32)33)15-12-13-20(3)27(36)35-25-18-21(4)24(19-26(25)39-10-2)34-22(5)16-17-29(6,7)28(37)38-8;1-4-5(2)3/h12-15,18-19H,9-11,16-17H2,1-8H3,(H,35,36);5H,4H2,1-3H3/b15-12-,20-13+,23-14-,34-22?;. The Hall–Kier alpha value is -3.36. The van der Waals surface area contributed by atoms with E-state index in [9.17, 15) is 22.8 Å². The van der Waals surface area contributed by atoms with Gasteiger partial charge in [0.1, 0.15) is 5.75 Å². The van der Waals surface area contributed by atoms with Crippen LogP contribution in [0.3, 0.4) is 0 Å². The third kappa shape index (κ3) is 15.4. The number of hydrogen-bond acceptors (Lipinski definition) is 5. The van der Waals surface area contributed by atoms with Crippen molar-refractivity contribution in [3.8, 4) is 5.75 Å². The Morgan fingerprint density at radius 2 is 1.70 bits per heavy atom. The molecule has 0 saturated carbocycles. The first-order valence-electron chi connectivity index (χ1n) is 15.3. The fourth-order valence-electron chi connectivity index (χ4n) is 3.47. The van der Waals surface area contributed by atoms with Crippen LogP contribution in [-0.4, -0.2) is 37.5 Å². The van der Waals surface area contributed by atoms with Gasteiger partial charge in [-0.05, 0) is 78.4 Å². The van der Waals surface area contributed by atoms with Gasteiger partial charge in [-0.15, -0.1) is 0 Å². The van der Waals surface area contributed by atoms with Crippen molar-refractivity contribution in [2.75, 3.05) is 19.0 Å². The number of halogens is 3. The van der Waals surface area contributed by atoms with E-state index in [2.05, 4.69) is 26.1 Å². The largest absolute Gasteiger partial charge is 0.492 e. The summed E-state index contributed by atoms with van der Waals surface area (Å²) in [5.41, 5.74) is 1.56. The number of hydrogen-bond donors (Lipinski definition) is 1. The predicted octanol–water partition coefficient (Wildman–Crippen LogP) is 10.2. The first kappa shape index (κ1) is 40.6. The van der Waals surface area contributed by atoms with Gasteiger partial charge < -0.3 is 14.8 Å². The Kier molecular flexibility index (Phi) is 18.3. The van der Waals surface area contributed by atoms with E-state index in [-0.39, 0.29) is 11.5 Å². The number of methoxy groups -OCH3 is 1. The van der Waals surface area contributed by atoms with Crippen LogP contribution in [0, 0.1) is 18.3 Å². The highest BCUT2D eigenvalue weighted by atomic mass is 19.4. The summed E-state index contributed by atoms with van der Waals surface area (Å²) in [6.07, 6.45) is 3.58. The van der Waals surface area contributed by atoms with Crippen molar-refractivity contribution in [3.63, 3.8) is 0 Å². The zero-order valence-corrected chi connectivity index (χ0v) is 28.5. The molecule has 9 heteroatoms. The van der Waals surface area contributed by atoms with Crippen molar-refractivity contribution in [2.45, 2.75) is 108 Å². The third-order valence-electron chi connectivity index (χ3n) is 6.78. The molecule has 0 radical (unpaired) electrons. The maximum absolute atomic E-state index is 13.2. The molecule has 1 rings (SSSR count). The summed E-state index contributed by atoms with van der Waals surface area (Å²) in [5, 5.41) is 2.78. The first-order valence-corrected chi connectivity index (χ1v) is 15.3. The number of aryl methyl sites for hydroxylation is 1. The molecular weight excluding hydrogens is 569 g/mol. The average molecular weight is 623 g/mol. The summed E-state index contributed by atoms with van der Waals surface area (Å²) >= 11 is 0. The molecule has 1 aromatic carbocycles. The molecular formula is C35H53F3N2O4. The summed E-state index contributed by atoms with van der Waals surface area (Å²) in [7, 11) is 1.37. The van der Waals surface area contributed by atoms with Gasteiger partial charge in [0, 0.05) is 17.4 Å². The monoisotopic (exact) mass is 622 g/mol. The van der Waals surface area contributed by atoms with E-state index >= 15 is 0 Å². The highest BCUT2D eigenvalue weighted by Gasteiger charge is 2.31. The molecule has 0 unspecified atom stereocenters. The zero-order chi connectivity index (χ0) is 34.1. The Labute approximate surface area is 262 Å². The van der Waals surface area contributed by atoms with Crippen LogP contribution >= 0.6 is 0 Å². The fraction of sp³-hybridized carbons (Fsp3) is 0.571. The number of alkyl halides is 3. The second-order valence-electron chi connectivity index (χ2n) is 11.7. The van der Waals surface area contributed by atoms with Crippen LogP contribution < -0.4 is 10.1 Å². The molecule has 0 aliphatic heterocycles. The van der Waals surface area contributed by atoms with Gasteiger partial charge in [-0.1, -0.05) is 64.8 Å². The second kappa shape index (κ2) is 19.8. The number of esters is 1. The number of carbonyl (C=O) groups is 2. The van der Waals surface area contributed by atoms with Gasteiger partial charge in [0.05, 0.1) is 36.1 Å². The van der Waals surface area contributed by atoms with E-state index in [1.54, 1.807) is 19.1 Å². The molecule has 0 heterocycles. The van der Waals surface area contributed by atoms with Gasteiger partial charge in [0.15, 0.2) is 0 Å². The highest BCUT2D eigenvalue weighted by molar-refractivity contribution is 6.04. The van der Waals surface area contributed by atoms with E-state index in [0.29, 0.717) is 49.4 Å². The quantitative estimate of drug-likeness (QED) is 0.0969. The lowest BCUT2D eigenvalue weighted by molar-refractivity contribution is -0.151. The Morgan fingerprint density at radius 3 is 2.20 bits per heavy atom. The molecule has 1 amide bonds. The van der Waals surface area contributed by atoms with Gasteiger partial charge >= 0.3 is 12.1 Å². The van der Waals surface area contributed by atoms with E-state index in [0.717, 1.165) is 29.3 Å². The maximum Gasteiger partial charge on any atom is 0.416 e. The zero-order valence-electron chi connectivity index (χ0n) is 28.5. The number of anilines is 1. The number of carbonyl (C=O) groups excluding carboxylic acids is 2. The Bertz CT molecular complexity index is 1190. The van der Waals surface area contributed by atoms with Gasteiger partial charge in [0.25, 0.3) is 5.91 Å². The molecule has 44 heavy (non-hydrogen) atoms. The topological polar surface area (TPSA) is 77.0 Å². The van der Waals surface area contributed by atoms with Crippen LogP contribution in [0.4, 0.5) is 24.5 Å². The van der Waals surface area contributed by atoms with Crippen molar-refractivity contribution in [3.05, 3.63) is 53.1 Å². The third-order valence-corrected chi connectivity index (χ3v) is 6.78. The van der Waals surface area contributed by atoms with Crippen molar-refractivity contribution in [2.24, 2.45) is 16.3 Å². The molecule has 0 fully saturated rings. The van der Waals surface area contributed by atoms with Crippen LogP contribution in [0.15, 0.2) is 52.6 Å². The van der Waals surface area contributed by atoms with E-state index in [1.807, 2.05) is 34.6 Å². The van der Waals surface area contributed by atoms with E-state index in [1.165, 1.54) is 32.6 Å². The van der Waals surface area contributed by atoms with Gasteiger partial charge in [-0.3, -0.25) is 14.6 Å². The second-order valence-corrected chi connectivity index (χ2v) is 11.7. The lowest BCUT2D eigenvalue weighted by Gasteiger charge is -2.21. The molecule has 0 spiro atoms. The van der Waals surface area contributed by atoms with Gasteiger partial charge in [0.2, 0.25) is 0 Å². The maximum atomic E-state index is 13.2. The molecule has 248 valence electrons. The molecule has 6 nitrogen and oxygen atoms in total. The minimum atomic E-state index is -4.46. The molecule has 0 aliphatic rings. The number of allylic oxidation sites excluding steroid dienone is 5. The molecule has 0 aromatic heterocycles. The van der Waals surface area contributed by atoms with Gasteiger partial charge in [-0.25, -0.2) is 0 Å². The number of rotatable bonds is 14. The predicted molar refractivity (Wildman–Crippen MR) is 176 cm³/mol. The number of aliphatic imine (C=N–C) groups is 1. The van der Waals surface area contributed by atoms with Crippen LogP contribution in [-0.2, 0) is 14.3 Å². The minimum Gasteiger partial charge on any atom is -0.492 e. The average Bonchev–Trinajstić information content (AvgIpc) is 2.95. The first-order chi connectivity index (χ1) is 20.4. The number of unbranched alkanes of at least 4 members (excludes halogenated alkanes) is 1. The molecule has 0 bridgehead atoms. The number of nitrogens with zero attached hydrogens (tertiary/aromatic N) is 1. The summed E-state index contributed by atoms with van der Waals surface area (Å²) < 4.78 is 50.1. The Morgan fingerprint density at radius 1 is 1.09 bits per heavy atom. The summed E-state index contributed by atoms with van der Waals surface area (Å²) in [6.45, 7) is 19.5. The lowest BCUT2D eigenvalue weighted by atomic mass is 9.87. The molecule has 0 aliphatic carbocycles. The van der Waals surface area contributed by atoms with E-state index in [4.69, 9.17) is 14.5 Å². The lowest BCUT2D eigenvalue weighted by Crippen LogP contribution is -2.26. The normalized spacial score (nSPS) is 13.1. The van der Waals surface area contributed by atoms with Crippen molar-refractivity contribution in [1.29, 1.82) is 0 Å². The van der Waals surface area contributed by atoms with E-state index < -0.39 is 23.1 Å². The van der Waals surface area contributed by atoms with Gasteiger partial charge in [-0.2, -0.15) is 13.2 Å². The molecule has 0 atom stereocenters. The summed E-state index contributed by atoms with van der Waals surface area (Å²) in [5.74, 6) is 0.556. The SMILES string of the molecule is CCC(C)C.CCC/C=C(/C=C\C=C(/C)C(=O)Nc1cc(C)c(N=C(C)CCC(C)(C)C(=O)OC)cc1OCC)C(F)(F)F. The number of nitrogens with one attached hydrogen (secondary N) is 1. The highest BCUT2D eigenvalue weighted by Crippen LogP contribution is 2.34. The van der Waals surface area contributed by atoms with Crippen molar-refractivity contribution in [1.82, 2.24) is 0 Å². The fourth-order valence-corrected chi connectivity index (χ4v) is 3.47. The smallest absolute Gasteiger partial charge is 0.416 e. The van der Waals surface area contributed by atoms with Crippen LogP contribution in [0.1, 0.15) is 100.0 Å².